The van der Waals surface area contributed by atoms with Crippen LogP contribution >= 0.6 is 0 Å². The minimum Gasteiger partial charge on any atom is -0.494 e. The first-order chi connectivity index (χ1) is 22.7. The lowest BCUT2D eigenvalue weighted by Crippen LogP contribution is -1.99. The first-order valence-electron chi connectivity index (χ1n) is 19.4. The van der Waals surface area contributed by atoms with Gasteiger partial charge in [-0.1, -0.05) is 173 Å². The molecule has 0 fully saturated rings. The van der Waals surface area contributed by atoms with Crippen molar-refractivity contribution in [3.63, 3.8) is 0 Å². The molecule has 0 aliphatic carbocycles. The van der Waals surface area contributed by atoms with Gasteiger partial charge in [0.05, 0.1) is 13.2 Å². The van der Waals surface area contributed by atoms with Crippen LogP contribution in [0.25, 0.3) is 6.08 Å². The highest BCUT2D eigenvalue weighted by Gasteiger charge is 2.03. The predicted molar refractivity (Wildman–Crippen MR) is 199 cm³/mol. The van der Waals surface area contributed by atoms with E-state index in [4.69, 9.17) is 9.47 Å². The molecule has 0 atom stereocenters. The molecule has 0 aliphatic rings. The van der Waals surface area contributed by atoms with Crippen molar-refractivity contribution in [1.29, 1.82) is 0 Å². The zero-order chi connectivity index (χ0) is 32.8. The van der Waals surface area contributed by atoms with E-state index in [1.165, 1.54) is 141 Å². The third kappa shape index (κ3) is 21.3. The lowest BCUT2D eigenvalue weighted by molar-refractivity contribution is 0.104. The van der Waals surface area contributed by atoms with Gasteiger partial charge in [0, 0.05) is 5.56 Å². The highest BCUT2D eigenvalue weighted by Crippen LogP contribution is 2.18. The van der Waals surface area contributed by atoms with Gasteiger partial charge in [0.15, 0.2) is 5.78 Å². The molecule has 3 nitrogen and oxygen atoms in total. The molecule has 0 radical (unpaired) electrons. The van der Waals surface area contributed by atoms with Crippen molar-refractivity contribution in [2.24, 2.45) is 0 Å². The number of allylic oxidation sites excluding steroid dienone is 1. The lowest BCUT2D eigenvalue weighted by atomic mass is 10.0. The van der Waals surface area contributed by atoms with Crippen molar-refractivity contribution in [3.05, 3.63) is 65.7 Å². The highest BCUT2D eigenvalue weighted by molar-refractivity contribution is 6.06. The summed E-state index contributed by atoms with van der Waals surface area (Å²) in [4.78, 5) is 12.7. The van der Waals surface area contributed by atoms with Gasteiger partial charge in [-0.2, -0.15) is 0 Å². The second-order valence-corrected chi connectivity index (χ2v) is 13.3. The van der Waals surface area contributed by atoms with Gasteiger partial charge in [-0.15, -0.1) is 0 Å². The van der Waals surface area contributed by atoms with E-state index >= 15 is 0 Å². The minimum atomic E-state index is -0.000176. The third-order valence-corrected chi connectivity index (χ3v) is 8.98. The topological polar surface area (TPSA) is 35.5 Å². The number of carbonyl (C=O) groups excluding carboxylic acids is 1. The molecule has 0 saturated heterocycles. The minimum absolute atomic E-state index is 0.000176. The van der Waals surface area contributed by atoms with Crippen molar-refractivity contribution in [2.75, 3.05) is 13.2 Å². The number of ketones is 1. The van der Waals surface area contributed by atoms with Crippen LogP contribution in [-0.2, 0) is 0 Å². The van der Waals surface area contributed by atoms with Gasteiger partial charge >= 0.3 is 0 Å². The first kappa shape index (κ1) is 39.6. The second-order valence-electron chi connectivity index (χ2n) is 13.3. The fraction of sp³-hybridized carbons (Fsp3) is 0.651. The van der Waals surface area contributed by atoms with Gasteiger partial charge in [-0.3, -0.25) is 4.79 Å². The number of carbonyl (C=O) groups is 1. The van der Waals surface area contributed by atoms with Gasteiger partial charge in [-0.05, 0) is 60.9 Å². The molecule has 0 amide bonds. The highest BCUT2D eigenvalue weighted by atomic mass is 16.5. The number of unbranched alkanes of at least 4 members (excludes halogenated alkanes) is 22. The summed E-state index contributed by atoms with van der Waals surface area (Å²) in [6, 6.07) is 15.5. The number of hydrogen-bond donors (Lipinski definition) is 0. The molecule has 0 heterocycles. The lowest BCUT2D eigenvalue weighted by Gasteiger charge is -2.07. The average molecular weight is 633 g/mol. The van der Waals surface area contributed by atoms with E-state index in [9.17, 15) is 4.79 Å². The molecule has 0 spiro atoms. The number of hydrogen-bond acceptors (Lipinski definition) is 3. The van der Waals surface area contributed by atoms with Gasteiger partial charge in [0.2, 0.25) is 0 Å². The first-order valence-corrected chi connectivity index (χ1v) is 19.4. The summed E-state index contributed by atoms with van der Waals surface area (Å²) < 4.78 is 11.8. The molecule has 2 aromatic carbocycles. The maximum atomic E-state index is 12.7. The molecule has 2 aromatic rings. The quantitative estimate of drug-likeness (QED) is 0.0471. The largest absolute Gasteiger partial charge is 0.494 e. The molecular weight excluding hydrogens is 564 g/mol. The summed E-state index contributed by atoms with van der Waals surface area (Å²) >= 11 is 0. The summed E-state index contributed by atoms with van der Waals surface area (Å²) in [5.41, 5.74) is 1.67. The van der Waals surface area contributed by atoms with Crippen LogP contribution in [0.3, 0.4) is 0 Å². The van der Waals surface area contributed by atoms with Gasteiger partial charge in [0.1, 0.15) is 11.5 Å². The van der Waals surface area contributed by atoms with E-state index in [1.807, 2.05) is 54.6 Å². The van der Waals surface area contributed by atoms with E-state index in [0.717, 1.165) is 43.1 Å². The maximum Gasteiger partial charge on any atom is 0.185 e. The smallest absolute Gasteiger partial charge is 0.185 e. The van der Waals surface area contributed by atoms with Crippen LogP contribution in [0.2, 0.25) is 0 Å². The van der Waals surface area contributed by atoms with Crippen molar-refractivity contribution >= 4 is 11.9 Å². The summed E-state index contributed by atoms with van der Waals surface area (Å²) in [7, 11) is 0. The zero-order valence-electron chi connectivity index (χ0n) is 29.9. The van der Waals surface area contributed by atoms with E-state index in [1.54, 1.807) is 6.08 Å². The van der Waals surface area contributed by atoms with E-state index in [2.05, 4.69) is 13.8 Å². The van der Waals surface area contributed by atoms with Crippen molar-refractivity contribution in [1.82, 2.24) is 0 Å². The average Bonchev–Trinajstić information content (AvgIpc) is 3.08. The molecule has 46 heavy (non-hydrogen) atoms. The summed E-state index contributed by atoms with van der Waals surface area (Å²) in [5, 5.41) is 0. The fourth-order valence-electron chi connectivity index (χ4n) is 5.92. The Bertz CT molecular complexity index is 992. The van der Waals surface area contributed by atoms with Crippen LogP contribution in [0.5, 0.6) is 11.5 Å². The Morgan fingerprint density at radius 3 is 1.15 bits per heavy atom. The Hall–Kier alpha value is -2.55. The Morgan fingerprint density at radius 1 is 0.457 bits per heavy atom. The van der Waals surface area contributed by atoms with E-state index in [0.29, 0.717) is 5.56 Å². The molecule has 0 unspecified atom stereocenters. The third-order valence-electron chi connectivity index (χ3n) is 8.98. The second kappa shape index (κ2) is 28.7. The molecule has 258 valence electrons. The molecule has 0 bridgehead atoms. The number of benzene rings is 2. The van der Waals surface area contributed by atoms with Gasteiger partial charge in [-0.25, -0.2) is 0 Å². The van der Waals surface area contributed by atoms with Gasteiger partial charge < -0.3 is 9.47 Å². The van der Waals surface area contributed by atoms with Crippen LogP contribution in [-0.4, -0.2) is 19.0 Å². The standard InChI is InChI=1S/C43H68O3/c1-3-5-7-9-11-13-15-16-17-18-20-22-24-26-38-46-42-34-30-40(31-35-42)43(44)36-29-39-27-32-41(33-28-39)45-37-25-23-21-19-14-12-10-8-6-4-2/h27-36H,3-26,37-38H2,1-2H3/b36-29+. The summed E-state index contributed by atoms with van der Waals surface area (Å²) in [6.45, 7) is 6.06. The normalized spacial score (nSPS) is 11.3. The Balaban J connectivity index is 1.48. The Morgan fingerprint density at radius 2 is 0.783 bits per heavy atom. The number of ether oxygens (including phenoxy) is 2. The molecule has 2 rings (SSSR count). The van der Waals surface area contributed by atoms with E-state index < -0.39 is 0 Å². The van der Waals surface area contributed by atoms with E-state index in [-0.39, 0.29) is 5.78 Å². The fourth-order valence-corrected chi connectivity index (χ4v) is 5.92. The summed E-state index contributed by atoms with van der Waals surface area (Å²) in [5.74, 6) is 1.73. The molecular formula is C43H68O3. The van der Waals surface area contributed by atoms with Crippen molar-refractivity contribution in [2.45, 2.75) is 168 Å². The molecule has 0 aliphatic heterocycles. The van der Waals surface area contributed by atoms with Crippen LogP contribution in [0.15, 0.2) is 54.6 Å². The summed E-state index contributed by atoms with van der Waals surface area (Å²) in [6.07, 6.45) is 35.8. The zero-order valence-corrected chi connectivity index (χ0v) is 29.9. The van der Waals surface area contributed by atoms with Crippen LogP contribution in [0, 0.1) is 0 Å². The Labute approximate surface area is 284 Å². The van der Waals surface area contributed by atoms with Crippen molar-refractivity contribution in [3.8, 4) is 11.5 Å². The predicted octanol–water partition coefficient (Wildman–Crippen LogP) is 13.7. The van der Waals surface area contributed by atoms with Crippen LogP contribution in [0.1, 0.15) is 184 Å². The number of rotatable bonds is 31. The molecule has 3 heteroatoms. The van der Waals surface area contributed by atoms with Crippen LogP contribution < -0.4 is 9.47 Å². The van der Waals surface area contributed by atoms with Crippen LogP contribution in [0.4, 0.5) is 0 Å². The molecule has 0 N–H and O–H groups in total. The Kier molecular flexibility index (Phi) is 24.7. The SMILES string of the molecule is CCCCCCCCCCCCCCCCOc1ccc(C(=O)/C=C/c2ccc(OCCCCCCCCCCCC)cc2)cc1. The maximum absolute atomic E-state index is 12.7. The molecule has 0 aromatic heterocycles. The van der Waals surface area contributed by atoms with Gasteiger partial charge in [0.25, 0.3) is 0 Å². The monoisotopic (exact) mass is 633 g/mol. The molecule has 0 saturated carbocycles. The van der Waals surface area contributed by atoms with Crippen molar-refractivity contribution < 1.29 is 14.3 Å².